The van der Waals surface area contributed by atoms with E-state index in [2.05, 4.69) is 55.8 Å². The molecule has 1 aliphatic rings. The first-order valence-corrected chi connectivity index (χ1v) is 7.32. The van der Waals surface area contributed by atoms with Gasteiger partial charge in [0.1, 0.15) is 0 Å². The van der Waals surface area contributed by atoms with Crippen molar-refractivity contribution in [1.29, 1.82) is 0 Å². The highest BCUT2D eigenvalue weighted by atomic mass is 15.6. The van der Waals surface area contributed by atoms with Gasteiger partial charge in [-0.25, -0.2) is 0 Å². The predicted molar refractivity (Wildman–Crippen MR) is 79.7 cm³/mol. The number of para-hydroxylation sites is 1. The number of hydrogen-bond acceptors (Lipinski definition) is 4. The van der Waals surface area contributed by atoms with Crippen LogP contribution in [-0.4, -0.2) is 30.8 Å². The quantitative estimate of drug-likeness (QED) is 0.770. The van der Waals surface area contributed by atoms with E-state index in [0.29, 0.717) is 12.6 Å². The number of aromatic nitrogens is 5. The van der Waals surface area contributed by atoms with Crippen molar-refractivity contribution in [2.24, 2.45) is 7.05 Å². The Labute approximate surface area is 122 Å². The molecule has 0 spiro atoms. The lowest BCUT2D eigenvalue weighted by atomic mass is 10.1. The predicted octanol–water partition coefficient (Wildman–Crippen LogP) is 1.47. The first-order valence-electron chi connectivity index (χ1n) is 7.32. The lowest BCUT2D eigenvalue weighted by Gasteiger charge is -2.09. The van der Waals surface area contributed by atoms with Crippen molar-refractivity contribution >= 4 is 10.9 Å². The minimum atomic E-state index is 0.651. The maximum atomic E-state index is 4.26. The van der Waals surface area contributed by atoms with Crippen LogP contribution >= 0.6 is 0 Å². The molecule has 21 heavy (non-hydrogen) atoms. The Morgan fingerprint density at radius 2 is 2.19 bits per heavy atom. The van der Waals surface area contributed by atoms with E-state index in [4.69, 9.17) is 0 Å². The van der Waals surface area contributed by atoms with Gasteiger partial charge in [0.05, 0.1) is 19.1 Å². The Bertz CT molecular complexity index is 767. The number of nitrogens with zero attached hydrogens (tertiary/aromatic N) is 5. The zero-order chi connectivity index (χ0) is 14.2. The Hall–Kier alpha value is -2.21. The van der Waals surface area contributed by atoms with Gasteiger partial charge in [0.2, 0.25) is 0 Å². The van der Waals surface area contributed by atoms with Crippen molar-refractivity contribution in [3.8, 4) is 0 Å². The van der Waals surface area contributed by atoms with Crippen molar-refractivity contribution in [2.45, 2.75) is 32.0 Å². The van der Waals surface area contributed by atoms with E-state index in [1.165, 1.54) is 34.1 Å². The molecule has 1 saturated carbocycles. The van der Waals surface area contributed by atoms with Crippen LogP contribution in [0.15, 0.2) is 30.5 Å². The first-order chi connectivity index (χ1) is 10.3. The highest BCUT2D eigenvalue weighted by Gasteiger charge is 2.20. The molecule has 0 unspecified atom stereocenters. The van der Waals surface area contributed by atoms with Crippen LogP contribution in [0.2, 0.25) is 0 Å². The zero-order valence-corrected chi connectivity index (χ0v) is 12.0. The van der Waals surface area contributed by atoms with E-state index in [9.17, 15) is 0 Å². The fraction of sp³-hybridized carbons (Fsp3) is 0.400. The molecule has 3 aromatic rings. The summed E-state index contributed by atoms with van der Waals surface area (Å²) in [5.41, 5.74) is 2.59. The van der Waals surface area contributed by atoms with Crippen LogP contribution in [0.1, 0.15) is 24.2 Å². The van der Waals surface area contributed by atoms with Crippen molar-refractivity contribution < 1.29 is 0 Å². The molecule has 1 N–H and O–H groups in total. The summed E-state index contributed by atoms with van der Waals surface area (Å²) in [4.78, 5) is 1.50. The maximum Gasteiger partial charge on any atom is 0.194 e. The number of rotatable bonds is 5. The van der Waals surface area contributed by atoms with Crippen LogP contribution in [0.4, 0.5) is 0 Å². The molecule has 4 rings (SSSR count). The molecule has 6 nitrogen and oxygen atoms in total. The molecule has 1 aliphatic carbocycles. The van der Waals surface area contributed by atoms with Crippen molar-refractivity contribution in [3.05, 3.63) is 41.9 Å². The minimum Gasteiger partial charge on any atom is -0.339 e. The molecule has 0 aliphatic heterocycles. The van der Waals surface area contributed by atoms with Crippen molar-refractivity contribution in [2.75, 3.05) is 0 Å². The number of benzene rings is 1. The number of nitrogens with one attached hydrogen (secondary N) is 1. The Morgan fingerprint density at radius 3 is 2.95 bits per heavy atom. The van der Waals surface area contributed by atoms with Gasteiger partial charge in [-0.1, -0.05) is 18.2 Å². The van der Waals surface area contributed by atoms with Gasteiger partial charge in [0.15, 0.2) is 5.82 Å². The topological polar surface area (TPSA) is 60.6 Å². The standard InChI is InChI=1S/C15H18N6/c1-20-18-14(17-19-20)10-21-8-7-11-3-2-4-12(15(11)21)9-16-13-5-6-13/h2-4,7-8,13,16H,5-6,9-10H2,1H3. The Balaban J connectivity index is 1.67. The molecule has 0 atom stereocenters. The molecule has 1 aromatic carbocycles. The summed E-state index contributed by atoms with van der Waals surface area (Å²) in [6.45, 7) is 1.57. The van der Waals surface area contributed by atoms with Gasteiger partial charge in [-0.05, 0) is 35.1 Å². The van der Waals surface area contributed by atoms with Gasteiger partial charge in [-0.2, -0.15) is 4.80 Å². The molecule has 0 bridgehead atoms. The largest absolute Gasteiger partial charge is 0.339 e. The second kappa shape index (κ2) is 4.96. The fourth-order valence-corrected chi connectivity index (χ4v) is 2.70. The average molecular weight is 282 g/mol. The highest BCUT2D eigenvalue weighted by molar-refractivity contribution is 5.83. The van der Waals surface area contributed by atoms with Gasteiger partial charge in [0, 0.05) is 18.8 Å². The molecule has 2 aromatic heterocycles. The summed E-state index contributed by atoms with van der Waals surface area (Å²) < 4.78 is 2.20. The molecule has 6 heteroatoms. The van der Waals surface area contributed by atoms with E-state index in [0.717, 1.165) is 12.4 Å². The molecule has 1 fully saturated rings. The van der Waals surface area contributed by atoms with E-state index in [1.807, 2.05) is 0 Å². The molecule has 2 heterocycles. The van der Waals surface area contributed by atoms with Gasteiger partial charge in [-0.15, -0.1) is 10.2 Å². The summed E-state index contributed by atoms with van der Waals surface area (Å²) in [7, 11) is 1.79. The summed E-state index contributed by atoms with van der Waals surface area (Å²) in [5.74, 6) is 0.736. The van der Waals surface area contributed by atoms with Crippen LogP contribution < -0.4 is 5.32 Å². The summed E-state index contributed by atoms with van der Waals surface area (Å²) >= 11 is 0. The molecule has 0 amide bonds. The monoisotopic (exact) mass is 282 g/mol. The van der Waals surface area contributed by atoms with Crippen LogP contribution in [0, 0.1) is 0 Å². The Morgan fingerprint density at radius 1 is 1.29 bits per heavy atom. The smallest absolute Gasteiger partial charge is 0.194 e. The number of fused-ring (bicyclic) bond motifs is 1. The van der Waals surface area contributed by atoms with E-state index < -0.39 is 0 Å². The highest BCUT2D eigenvalue weighted by Crippen LogP contribution is 2.23. The zero-order valence-electron chi connectivity index (χ0n) is 12.0. The third-order valence-corrected chi connectivity index (χ3v) is 3.89. The van der Waals surface area contributed by atoms with Crippen LogP contribution in [0.25, 0.3) is 10.9 Å². The normalized spacial score (nSPS) is 14.9. The number of hydrogen-bond donors (Lipinski definition) is 1. The summed E-state index contributed by atoms with van der Waals surface area (Å²) in [6.07, 6.45) is 4.71. The van der Waals surface area contributed by atoms with Crippen molar-refractivity contribution in [1.82, 2.24) is 30.1 Å². The van der Waals surface area contributed by atoms with Gasteiger partial charge in [0.25, 0.3) is 0 Å². The first kappa shape index (κ1) is 12.5. The lowest BCUT2D eigenvalue weighted by Crippen LogP contribution is -2.16. The van der Waals surface area contributed by atoms with Gasteiger partial charge >= 0.3 is 0 Å². The van der Waals surface area contributed by atoms with Crippen LogP contribution in [-0.2, 0) is 20.1 Å². The molecular formula is C15H18N6. The third kappa shape index (κ3) is 2.54. The van der Waals surface area contributed by atoms with Gasteiger partial charge < -0.3 is 9.88 Å². The average Bonchev–Trinajstić information content (AvgIpc) is 3.10. The second-order valence-electron chi connectivity index (χ2n) is 5.65. The molecule has 0 saturated heterocycles. The van der Waals surface area contributed by atoms with E-state index in [-0.39, 0.29) is 0 Å². The third-order valence-electron chi connectivity index (χ3n) is 3.89. The van der Waals surface area contributed by atoms with Gasteiger partial charge in [-0.3, -0.25) is 0 Å². The minimum absolute atomic E-state index is 0.651. The molecule has 108 valence electrons. The molecular weight excluding hydrogens is 264 g/mol. The number of aryl methyl sites for hydroxylation is 1. The second-order valence-corrected chi connectivity index (χ2v) is 5.65. The molecule has 0 radical (unpaired) electrons. The summed E-state index contributed by atoms with van der Waals surface area (Å²) in [5, 5.41) is 17.1. The fourth-order valence-electron chi connectivity index (χ4n) is 2.70. The summed E-state index contributed by atoms with van der Waals surface area (Å²) in [6, 6.07) is 9.32. The van der Waals surface area contributed by atoms with Crippen molar-refractivity contribution in [3.63, 3.8) is 0 Å². The Kier molecular flexibility index (Phi) is 2.96. The maximum absolute atomic E-state index is 4.26. The number of tetrazole rings is 1. The SMILES string of the molecule is Cn1nnc(Cn2ccc3cccc(CNC4CC4)c32)n1. The lowest BCUT2D eigenvalue weighted by molar-refractivity contribution is 0.625. The van der Waals surface area contributed by atoms with Crippen LogP contribution in [0.3, 0.4) is 0 Å². The van der Waals surface area contributed by atoms with Crippen LogP contribution in [0.5, 0.6) is 0 Å². The van der Waals surface area contributed by atoms with E-state index >= 15 is 0 Å². The van der Waals surface area contributed by atoms with E-state index in [1.54, 1.807) is 7.05 Å².